The van der Waals surface area contributed by atoms with Gasteiger partial charge in [-0.1, -0.05) is 0 Å². The molecule has 0 aliphatic carbocycles. The highest BCUT2D eigenvalue weighted by molar-refractivity contribution is 5.94. The normalized spacial score (nSPS) is 15.4. The van der Waals surface area contributed by atoms with Gasteiger partial charge in [-0.05, 0) is 42.3 Å². The number of halogens is 9. The van der Waals surface area contributed by atoms with E-state index in [1.54, 1.807) is 18.5 Å². The number of H-pyrrole nitrogens is 1. The van der Waals surface area contributed by atoms with Crippen LogP contribution in [0.2, 0.25) is 0 Å². The van der Waals surface area contributed by atoms with Crippen molar-refractivity contribution in [1.29, 1.82) is 0 Å². The summed E-state index contributed by atoms with van der Waals surface area (Å²) in [4.78, 5) is 62.6. The molecule has 7 N–H and O–H groups in total. The van der Waals surface area contributed by atoms with Gasteiger partial charge >= 0.3 is 36.4 Å². The van der Waals surface area contributed by atoms with Crippen molar-refractivity contribution in [2.24, 2.45) is 0 Å². The molecule has 0 radical (unpaired) electrons. The Morgan fingerprint density at radius 3 is 2.00 bits per heavy atom. The molecule has 0 spiro atoms. The molecule has 4 aromatic rings. The Labute approximate surface area is 319 Å². The first-order valence-electron chi connectivity index (χ1n) is 16.1. The van der Waals surface area contributed by atoms with Crippen molar-refractivity contribution < 1.29 is 83.5 Å². The molecular weight excluding hydrogens is 811 g/mol. The van der Waals surface area contributed by atoms with Crippen molar-refractivity contribution >= 4 is 40.9 Å². The maximum atomic E-state index is 12.8. The summed E-state index contributed by atoms with van der Waals surface area (Å²) in [5.41, 5.74) is 10.3. The number of amides is 1. The van der Waals surface area contributed by atoms with Gasteiger partial charge in [0, 0.05) is 49.7 Å². The molecule has 3 aromatic heterocycles. The van der Waals surface area contributed by atoms with Crippen LogP contribution in [0, 0.1) is 0 Å². The summed E-state index contributed by atoms with van der Waals surface area (Å²) in [7, 11) is 0. The third kappa shape index (κ3) is 14.3. The first-order chi connectivity index (χ1) is 26.9. The van der Waals surface area contributed by atoms with E-state index in [1.807, 2.05) is 24.3 Å². The first kappa shape index (κ1) is 46.1. The fourth-order valence-electron chi connectivity index (χ4n) is 4.75. The van der Waals surface area contributed by atoms with Gasteiger partial charge < -0.3 is 40.8 Å². The third-order valence-electron chi connectivity index (χ3n) is 7.49. The maximum Gasteiger partial charge on any atom is 0.490 e. The number of pyridine rings is 1. The lowest BCUT2D eigenvalue weighted by Gasteiger charge is -2.26. The molecule has 2 aliphatic heterocycles. The molecule has 0 saturated carbocycles. The number of aromatic nitrogens is 5. The summed E-state index contributed by atoms with van der Waals surface area (Å²) in [6.07, 6.45) is -11.2. The molecule has 6 rings (SSSR count). The van der Waals surface area contributed by atoms with E-state index in [-0.39, 0.29) is 17.8 Å². The molecule has 58 heavy (non-hydrogen) atoms. The number of nitrogen functional groups attached to an aromatic ring is 1. The second-order valence-electron chi connectivity index (χ2n) is 11.7. The lowest BCUT2D eigenvalue weighted by Crippen LogP contribution is -2.41. The summed E-state index contributed by atoms with van der Waals surface area (Å²) < 4.78 is 107. The molecule has 5 heterocycles. The zero-order valence-electron chi connectivity index (χ0n) is 29.3. The van der Waals surface area contributed by atoms with E-state index in [4.69, 9.17) is 49.9 Å². The Balaban J connectivity index is 0.000000353. The monoisotopic (exact) mass is 842 g/mol. The van der Waals surface area contributed by atoms with Crippen molar-refractivity contribution in [3.63, 3.8) is 0 Å². The number of carbonyl (C=O) groups excluding carboxylic acids is 1. The van der Waals surface area contributed by atoms with E-state index >= 15 is 0 Å². The number of morpholine rings is 1. The molecule has 2 aliphatic rings. The molecule has 1 fully saturated rings. The minimum absolute atomic E-state index is 0.0134. The number of ether oxygens (including phenoxy) is 2. The second kappa shape index (κ2) is 19.7. The van der Waals surface area contributed by atoms with Gasteiger partial charge in [-0.25, -0.2) is 34.3 Å². The van der Waals surface area contributed by atoms with Crippen molar-refractivity contribution in [1.82, 2.24) is 35.1 Å². The Bertz CT molecular complexity index is 2000. The van der Waals surface area contributed by atoms with Gasteiger partial charge in [0.1, 0.15) is 11.6 Å². The zero-order chi connectivity index (χ0) is 43.4. The predicted octanol–water partition coefficient (Wildman–Crippen LogP) is 3.68. The van der Waals surface area contributed by atoms with Crippen LogP contribution in [-0.4, -0.2) is 133 Å². The van der Waals surface area contributed by atoms with Crippen molar-refractivity contribution in [2.45, 2.75) is 30.9 Å². The van der Waals surface area contributed by atoms with Crippen LogP contribution in [-0.2, 0) is 25.5 Å². The molecule has 1 amide bonds. The van der Waals surface area contributed by atoms with E-state index in [2.05, 4.69) is 30.2 Å². The number of nitrogens with one attached hydrogen (secondary N) is 2. The lowest BCUT2D eigenvalue weighted by atomic mass is 9.94. The summed E-state index contributed by atoms with van der Waals surface area (Å²) in [6.45, 7) is 5.22. The van der Waals surface area contributed by atoms with Gasteiger partial charge in [0.15, 0.2) is 5.65 Å². The van der Waals surface area contributed by atoms with Gasteiger partial charge in [0.05, 0.1) is 36.9 Å². The number of alkyl halides is 9. The Morgan fingerprint density at radius 2 is 1.45 bits per heavy atom. The number of carboxylic acids is 3. The number of carbonyl (C=O) groups is 4. The molecule has 1 saturated heterocycles. The van der Waals surface area contributed by atoms with Crippen LogP contribution in [0.15, 0.2) is 42.7 Å². The number of benzene rings is 1. The average Bonchev–Trinajstić information content (AvgIpc) is 3.58. The van der Waals surface area contributed by atoms with Crippen LogP contribution in [0.25, 0.3) is 22.4 Å². The van der Waals surface area contributed by atoms with Crippen LogP contribution < -0.4 is 15.8 Å². The number of nitrogens with two attached hydrogens (primary N) is 1. The van der Waals surface area contributed by atoms with Crippen LogP contribution in [0.1, 0.15) is 27.7 Å². The lowest BCUT2D eigenvalue weighted by molar-refractivity contribution is -0.193. The largest absolute Gasteiger partial charge is 0.493 e. The number of hydrogen-bond donors (Lipinski definition) is 6. The highest BCUT2D eigenvalue weighted by Crippen LogP contribution is 2.33. The minimum atomic E-state index is -5.08. The Morgan fingerprint density at radius 1 is 0.862 bits per heavy atom. The molecule has 0 bridgehead atoms. The number of fused-ring (bicyclic) bond motifs is 2. The number of nitrogens with zero attached hydrogens (tertiary/aromatic N) is 5. The first-order valence-corrected chi connectivity index (χ1v) is 16.1. The van der Waals surface area contributed by atoms with Crippen LogP contribution >= 0.6 is 0 Å². The van der Waals surface area contributed by atoms with E-state index in [0.29, 0.717) is 36.5 Å². The topological polar surface area (TPSA) is 256 Å². The number of rotatable bonds is 6. The summed E-state index contributed by atoms with van der Waals surface area (Å²) >= 11 is 0. The molecular formula is C32H31F9N8O9. The van der Waals surface area contributed by atoms with E-state index < -0.39 is 36.4 Å². The molecule has 17 nitrogen and oxygen atoms in total. The van der Waals surface area contributed by atoms with Gasteiger partial charge in [-0.2, -0.15) is 39.5 Å². The standard InChI is InChI=1S/C26H28N8O3.3C2HF3O2/c27-26-29-4-3-20(32-26)18-13-21-24(30-14-18)33-23(31-21)19-12-17-11-16(1-2-22(17)37-15-19)25(35)28-5-6-34-7-9-36-10-8-34;3*3-2(4,5)1(6)7/h1-4,11,13-14,19H,5-10,12,15H2,(H,28,35)(H2,27,29,32)(H,30,31,33);3*(H,6,7). The average molecular weight is 843 g/mol. The fraction of sp³-hybridized carbons (Fsp3) is 0.375. The predicted molar refractivity (Wildman–Crippen MR) is 178 cm³/mol. The van der Waals surface area contributed by atoms with Gasteiger partial charge in [0.25, 0.3) is 5.91 Å². The van der Waals surface area contributed by atoms with Crippen molar-refractivity contribution in [3.8, 4) is 17.0 Å². The van der Waals surface area contributed by atoms with Gasteiger partial charge in [0.2, 0.25) is 5.95 Å². The highest BCUT2D eigenvalue weighted by Gasteiger charge is 2.39. The SMILES string of the molecule is Nc1nccc(-c2cnc3nc(C4COc5ccc(C(=O)NCCN6CCOCC6)cc5C4)[nH]c3c2)n1.O=C(O)C(F)(F)F.O=C(O)C(F)(F)F.O=C(O)C(F)(F)F. The molecule has 316 valence electrons. The smallest absolute Gasteiger partial charge is 0.490 e. The molecule has 1 unspecified atom stereocenters. The van der Waals surface area contributed by atoms with Crippen molar-refractivity contribution in [2.75, 3.05) is 51.7 Å². The number of carboxylic acid groups (broad SMARTS) is 3. The number of imidazole rings is 1. The Hall–Kier alpha value is -6.31. The number of anilines is 1. The fourth-order valence-corrected chi connectivity index (χ4v) is 4.75. The van der Waals surface area contributed by atoms with E-state index in [0.717, 1.165) is 61.1 Å². The summed E-state index contributed by atoms with van der Waals surface area (Å²) in [6, 6.07) is 9.36. The number of aromatic amines is 1. The maximum absolute atomic E-state index is 12.8. The van der Waals surface area contributed by atoms with E-state index in [1.165, 1.54) is 0 Å². The molecule has 1 atom stereocenters. The summed E-state index contributed by atoms with van der Waals surface area (Å²) in [5.74, 6) is -6.52. The quantitative estimate of drug-likeness (QED) is 0.151. The highest BCUT2D eigenvalue weighted by atomic mass is 19.4. The van der Waals surface area contributed by atoms with Gasteiger partial charge in [-0.3, -0.25) is 9.69 Å². The van der Waals surface area contributed by atoms with Crippen LogP contribution in [0.4, 0.5) is 45.5 Å². The van der Waals surface area contributed by atoms with Gasteiger partial charge in [-0.15, -0.1) is 0 Å². The van der Waals surface area contributed by atoms with Crippen molar-refractivity contribution in [3.05, 3.63) is 59.7 Å². The minimum Gasteiger partial charge on any atom is -0.493 e. The number of aliphatic carboxylic acids is 3. The zero-order valence-corrected chi connectivity index (χ0v) is 29.3. The third-order valence-corrected chi connectivity index (χ3v) is 7.49. The van der Waals surface area contributed by atoms with Crippen LogP contribution in [0.3, 0.4) is 0 Å². The molecule has 26 heteroatoms. The number of hydrogen-bond acceptors (Lipinski definition) is 12. The second-order valence-corrected chi connectivity index (χ2v) is 11.7. The summed E-state index contributed by atoms with van der Waals surface area (Å²) in [5, 5.41) is 24.4. The van der Waals surface area contributed by atoms with Crippen LogP contribution in [0.5, 0.6) is 5.75 Å². The molecule has 1 aromatic carbocycles. The Kier molecular flexibility index (Phi) is 15.7. The van der Waals surface area contributed by atoms with E-state index in [9.17, 15) is 44.3 Å².